The molecule has 0 aliphatic heterocycles. The van der Waals surface area contributed by atoms with E-state index in [2.05, 4.69) is 21.8 Å². The summed E-state index contributed by atoms with van der Waals surface area (Å²) in [6.07, 6.45) is 5.44. The second kappa shape index (κ2) is 10.4. The van der Waals surface area contributed by atoms with Gasteiger partial charge in [-0.2, -0.15) is 0 Å². The highest BCUT2D eigenvalue weighted by atomic mass is 16.5. The van der Waals surface area contributed by atoms with Crippen LogP contribution in [-0.2, 0) is 22.6 Å². The Labute approximate surface area is 159 Å². The molecule has 2 aromatic rings. The molecule has 1 atom stereocenters. The van der Waals surface area contributed by atoms with Crippen molar-refractivity contribution in [2.45, 2.75) is 45.1 Å². The number of hydrogen-bond acceptors (Lipinski definition) is 4. The average Bonchev–Trinajstić information content (AvgIpc) is 3.12. The van der Waals surface area contributed by atoms with Gasteiger partial charge in [0.1, 0.15) is 11.6 Å². The Balaban J connectivity index is 1.84. The molecule has 27 heavy (non-hydrogen) atoms. The fourth-order valence-electron chi connectivity index (χ4n) is 3.03. The van der Waals surface area contributed by atoms with Crippen LogP contribution in [0.25, 0.3) is 0 Å². The Morgan fingerprint density at radius 2 is 2.00 bits per heavy atom. The second-order valence-electron chi connectivity index (χ2n) is 6.37. The molecule has 1 aromatic carbocycles. The van der Waals surface area contributed by atoms with Crippen LogP contribution in [0.3, 0.4) is 0 Å². The van der Waals surface area contributed by atoms with Crippen molar-refractivity contribution >= 4 is 11.9 Å². The highest BCUT2D eigenvalue weighted by Crippen LogP contribution is 2.25. The number of amides is 1. The molecule has 7 heteroatoms. The van der Waals surface area contributed by atoms with Crippen molar-refractivity contribution < 1.29 is 19.4 Å². The second-order valence-corrected chi connectivity index (χ2v) is 6.37. The molecule has 0 aliphatic carbocycles. The molecule has 1 amide bonds. The monoisotopic (exact) mass is 373 g/mol. The molecule has 1 unspecified atom stereocenters. The van der Waals surface area contributed by atoms with Crippen LogP contribution in [-0.4, -0.2) is 40.2 Å². The number of hydrogen-bond donors (Lipinski definition) is 2. The van der Waals surface area contributed by atoms with E-state index in [-0.39, 0.29) is 24.7 Å². The van der Waals surface area contributed by atoms with Gasteiger partial charge in [-0.05, 0) is 24.1 Å². The number of carbonyl (C=O) groups excluding carboxylic acids is 1. The number of nitrogens with one attached hydrogen (secondary N) is 1. The van der Waals surface area contributed by atoms with Crippen molar-refractivity contribution in [3.8, 4) is 5.75 Å². The third-order valence-electron chi connectivity index (χ3n) is 4.46. The fraction of sp³-hybridized carbons (Fsp3) is 0.450. The smallest absolute Gasteiger partial charge is 0.303 e. The van der Waals surface area contributed by atoms with Crippen LogP contribution in [0.1, 0.15) is 43.5 Å². The van der Waals surface area contributed by atoms with Crippen LogP contribution in [0.4, 0.5) is 0 Å². The first-order valence-corrected chi connectivity index (χ1v) is 9.16. The van der Waals surface area contributed by atoms with Gasteiger partial charge in [0.25, 0.3) is 0 Å². The number of methoxy groups -OCH3 is 1. The Morgan fingerprint density at radius 1 is 1.26 bits per heavy atom. The van der Waals surface area contributed by atoms with Gasteiger partial charge in [-0.25, -0.2) is 4.98 Å². The summed E-state index contributed by atoms with van der Waals surface area (Å²) in [5.74, 6) is 0.300. The van der Waals surface area contributed by atoms with Gasteiger partial charge in [-0.3, -0.25) is 9.59 Å². The molecular weight excluding hydrogens is 346 g/mol. The standard InChI is InChI=1S/C20H27N3O4/c1-3-18-21-10-12-23(18)11-4-9-22-19(24)13-16(14-20(25)26)15-5-7-17(27-2)8-6-15/h5-8,10,12,16H,3-4,9,11,13-14H2,1-2H3,(H,22,24)(H,25,26). The number of rotatable bonds is 11. The molecule has 2 N–H and O–H groups in total. The van der Waals surface area contributed by atoms with Gasteiger partial charge in [0, 0.05) is 44.2 Å². The SMILES string of the molecule is CCc1nccn1CCCNC(=O)CC(CC(=O)O)c1ccc(OC)cc1. The maximum Gasteiger partial charge on any atom is 0.303 e. The summed E-state index contributed by atoms with van der Waals surface area (Å²) >= 11 is 0. The lowest BCUT2D eigenvalue weighted by atomic mass is 9.92. The molecule has 1 aromatic heterocycles. The molecule has 0 spiro atoms. The zero-order valence-electron chi connectivity index (χ0n) is 15.9. The zero-order chi connectivity index (χ0) is 19.6. The van der Waals surface area contributed by atoms with Crippen molar-refractivity contribution in [1.82, 2.24) is 14.9 Å². The van der Waals surface area contributed by atoms with Gasteiger partial charge in [-0.15, -0.1) is 0 Å². The molecule has 2 rings (SSSR count). The summed E-state index contributed by atoms with van der Waals surface area (Å²) in [5, 5.41) is 12.1. The van der Waals surface area contributed by atoms with Crippen molar-refractivity contribution in [3.63, 3.8) is 0 Å². The molecule has 1 heterocycles. The van der Waals surface area contributed by atoms with E-state index in [0.29, 0.717) is 12.3 Å². The fourth-order valence-corrected chi connectivity index (χ4v) is 3.03. The summed E-state index contributed by atoms with van der Waals surface area (Å²) in [6.45, 7) is 3.39. The Hall–Kier alpha value is -2.83. The minimum atomic E-state index is -0.921. The maximum atomic E-state index is 12.3. The van der Waals surface area contributed by atoms with Crippen LogP contribution >= 0.6 is 0 Å². The van der Waals surface area contributed by atoms with Crippen LogP contribution < -0.4 is 10.1 Å². The van der Waals surface area contributed by atoms with Crippen LogP contribution in [0.5, 0.6) is 5.75 Å². The van der Waals surface area contributed by atoms with Crippen LogP contribution in [0.15, 0.2) is 36.7 Å². The number of carboxylic acids is 1. The zero-order valence-corrected chi connectivity index (χ0v) is 15.9. The van der Waals surface area contributed by atoms with E-state index in [9.17, 15) is 9.59 Å². The normalized spacial score (nSPS) is 11.8. The lowest BCUT2D eigenvalue weighted by molar-refractivity contribution is -0.137. The molecular formula is C20H27N3O4. The van der Waals surface area contributed by atoms with Crippen molar-refractivity contribution in [1.29, 1.82) is 0 Å². The molecule has 0 radical (unpaired) electrons. The summed E-state index contributed by atoms with van der Waals surface area (Å²) in [7, 11) is 1.57. The van der Waals surface area contributed by atoms with Crippen molar-refractivity contribution in [3.05, 3.63) is 48.0 Å². The first-order valence-electron chi connectivity index (χ1n) is 9.16. The average molecular weight is 373 g/mol. The van der Waals surface area contributed by atoms with Crippen molar-refractivity contribution in [2.75, 3.05) is 13.7 Å². The lowest BCUT2D eigenvalue weighted by Crippen LogP contribution is -2.27. The maximum absolute atomic E-state index is 12.3. The van der Waals surface area contributed by atoms with E-state index in [1.54, 1.807) is 25.4 Å². The number of aryl methyl sites for hydroxylation is 2. The van der Waals surface area contributed by atoms with Crippen LogP contribution in [0, 0.1) is 0 Å². The largest absolute Gasteiger partial charge is 0.497 e. The summed E-state index contributed by atoms with van der Waals surface area (Å²) in [5.41, 5.74) is 0.819. The van der Waals surface area contributed by atoms with E-state index in [4.69, 9.17) is 9.84 Å². The Bertz CT molecular complexity index is 740. The number of aromatic nitrogens is 2. The van der Waals surface area contributed by atoms with Gasteiger partial charge in [0.15, 0.2) is 0 Å². The number of aliphatic carboxylic acids is 1. The molecule has 0 bridgehead atoms. The number of ether oxygens (including phenoxy) is 1. The summed E-state index contributed by atoms with van der Waals surface area (Å²) < 4.78 is 7.20. The van der Waals surface area contributed by atoms with E-state index in [1.165, 1.54) is 0 Å². The molecule has 0 saturated carbocycles. The van der Waals surface area contributed by atoms with Gasteiger partial charge in [0.05, 0.1) is 13.5 Å². The summed E-state index contributed by atoms with van der Waals surface area (Å²) in [6, 6.07) is 7.17. The molecule has 0 saturated heterocycles. The quantitative estimate of drug-likeness (QED) is 0.591. The van der Waals surface area contributed by atoms with E-state index in [0.717, 1.165) is 30.8 Å². The Kier molecular flexibility index (Phi) is 7.85. The first kappa shape index (κ1) is 20.5. The first-order chi connectivity index (χ1) is 13.0. The van der Waals surface area contributed by atoms with Crippen molar-refractivity contribution in [2.24, 2.45) is 0 Å². The number of imidazole rings is 1. The number of carbonyl (C=O) groups is 2. The summed E-state index contributed by atoms with van der Waals surface area (Å²) in [4.78, 5) is 27.7. The third-order valence-corrected chi connectivity index (χ3v) is 4.46. The molecule has 7 nitrogen and oxygen atoms in total. The van der Waals surface area contributed by atoms with E-state index < -0.39 is 5.97 Å². The van der Waals surface area contributed by atoms with Gasteiger partial charge in [-0.1, -0.05) is 19.1 Å². The third kappa shape index (κ3) is 6.44. The Morgan fingerprint density at radius 3 is 2.63 bits per heavy atom. The highest BCUT2D eigenvalue weighted by Gasteiger charge is 2.19. The predicted octanol–water partition coefficient (Wildman–Crippen LogP) is 2.61. The van der Waals surface area contributed by atoms with E-state index in [1.807, 2.05) is 18.3 Å². The minimum Gasteiger partial charge on any atom is -0.497 e. The highest BCUT2D eigenvalue weighted by molar-refractivity contribution is 5.78. The minimum absolute atomic E-state index is 0.0886. The van der Waals surface area contributed by atoms with Crippen LogP contribution in [0.2, 0.25) is 0 Å². The van der Waals surface area contributed by atoms with Gasteiger partial charge < -0.3 is 19.7 Å². The molecule has 0 fully saturated rings. The number of benzene rings is 1. The number of nitrogens with zero attached hydrogens (tertiary/aromatic N) is 2. The molecule has 146 valence electrons. The lowest BCUT2D eigenvalue weighted by Gasteiger charge is -2.16. The topological polar surface area (TPSA) is 93.5 Å². The molecule has 0 aliphatic rings. The van der Waals surface area contributed by atoms with E-state index >= 15 is 0 Å². The van der Waals surface area contributed by atoms with Gasteiger partial charge >= 0.3 is 5.97 Å². The van der Waals surface area contributed by atoms with Gasteiger partial charge in [0.2, 0.25) is 5.91 Å². The predicted molar refractivity (Wildman–Crippen MR) is 102 cm³/mol. The number of carboxylic acid groups (broad SMARTS) is 1.